The zero-order valence-electron chi connectivity index (χ0n) is 18.5. The second-order valence-corrected chi connectivity index (χ2v) is 9.13. The van der Waals surface area contributed by atoms with E-state index in [1.807, 2.05) is 71.3 Å². The van der Waals surface area contributed by atoms with Crippen molar-refractivity contribution >= 4 is 35.0 Å². The molecule has 1 N–H and O–H groups in total. The van der Waals surface area contributed by atoms with Crippen LogP contribution >= 0.6 is 23.4 Å². The molecule has 5 nitrogen and oxygen atoms in total. The molecule has 1 unspecified atom stereocenters. The summed E-state index contributed by atoms with van der Waals surface area (Å²) in [7, 11) is 0. The topological polar surface area (TPSA) is 59.8 Å². The highest BCUT2D eigenvalue weighted by Gasteiger charge is 2.17. The zero-order chi connectivity index (χ0) is 23.2. The average Bonchev–Trinajstić information content (AvgIpc) is 3.27. The maximum Gasteiger partial charge on any atom is 0.234 e. The molecule has 0 aliphatic rings. The molecule has 1 amide bonds. The molecule has 0 saturated heterocycles. The molecule has 0 spiro atoms. The number of rotatable bonds is 8. The number of hydrogen-bond acceptors (Lipinski definition) is 4. The fourth-order valence-corrected chi connectivity index (χ4v) is 4.39. The minimum Gasteiger partial charge on any atom is -0.325 e. The Bertz CT molecular complexity index is 1220. The number of carbonyl (C=O) groups is 1. The second kappa shape index (κ2) is 10.7. The summed E-state index contributed by atoms with van der Waals surface area (Å²) in [5.41, 5.74) is 3.84. The van der Waals surface area contributed by atoms with Gasteiger partial charge in [-0.1, -0.05) is 79.7 Å². The van der Waals surface area contributed by atoms with Crippen LogP contribution < -0.4 is 5.32 Å². The third-order valence-electron chi connectivity index (χ3n) is 5.44. The number of para-hydroxylation sites is 1. The van der Waals surface area contributed by atoms with Crippen molar-refractivity contribution < 1.29 is 4.79 Å². The van der Waals surface area contributed by atoms with E-state index in [1.165, 1.54) is 17.3 Å². The maximum atomic E-state index is 12.6. The van der Waals surface area contributed by atoms with Crippen LogP contribution in [0.15, 0.2) is 84.0 Å². The Balaban J connectivity index is 1.52. The van der Waals surface area contributed by atoms with Crippen molar-refractivity contribution in [1.82, 2.24) is 14.8 Å². The minimum atomic E-state index is -0.0943. The van der Waals surface area contributed by atoms with Crippen LogP contribution in [0.2, 0.25) is 5.02 Å². The average molecular weight is 477 g/mol. The molecule has 1 atom stereocenters. The summed E-state index contributed by atoms with van der Waals surface area (Å²) in [4.78, 5) is 12.6. The van der Waals surface area contributed by atoms with E-state index in [4.69, 9.17) is 11.6 Å². The van der Waals surface area contributed by atoms with Crippen molar-refractivity contribution in [3.05, 3.63) is 89.4 Å². The lowest BCUT2D eigenvalue weighted by Crippen LogP contribution is -2.14. The number of carbonyl (C=O) groups excluding carboxylic acids is 1. The van der Waals surface area contributed by atoms with Crippen molar-refractivity contribution in [1.29, 1.82) is 0 Å². The molecule has 0 aliphatic carbocycles. The van der Waals surface area contributed by atoms with Crippen molar-refractivity contribution in [3.63, 3.8) is 0 Å². The Labute approximate surface area is 203 Å². The van der Waals surface area contributed by atoms with E-state index >= 15 is 0 Å². The number of hydrogen-bond donors (Lipinski definition) is 1. The molecule has 3 aromatic carbocycles. The largest absolute Gasteiger partial charge is 0.325 e. The molecule has 7 heteroatoms. The van der Waals surface area contributed by atoms with Gasteiger partial charge in [0.05, 0.1) is 5.75 Å². The summed E-state index contributed by atoms with van der Waals surface area (Å²) in [5, 5.41) is 13.0. The van der Waals surface area contributed by atoms with E-state index in [-0.39, 0.29) is 11.7 Å². The van der Waals surface area contributed by atoms with Crippen LogP contribution in [0, 0.1) is 0 Å². The summed E-state index contributed by atoms with van der Waals surface area (Å²) in [6.45, 7) is 4.37. The van der Waals surface area contributed by atoms with Crippen molar-refractivity contribution in [2.24, 2.45) is 0 Å². The van der Waals surface area contributed by atoms with Gasteiger partial charge in [-0.25, -0.2) is 0 Å². The molecule has 4 aromatic rings. The van der Waals surface area contributed by atoms with Gasteiger partial charge in [0.25, 0.3) is 0 Å². The van der Waals surface area contributed by atoms with Crippen LogP contribution in [-0.2, 0) is 4.79 Å². The van der Waals surface area contributed by atoms with Gasteiger partial charge in [-0.3, -0.25) is 9.36 Å². The van der Waals surface area contributed by atoms with E-state index in [2.05, 4.69) is 41.5 Å². The van der Waals surface area contributed by atoms with Gasteiger partial charge in [0.2, 0.25) is 5.91 Å². The van der Waals surface area contributed by atoms with Gasteiger partial charge in [0.15, 0.2) is 11.0 Å². The summed E-state index contributed by atoms with van der Waals surface area (Å²) >= 11 is 7.54. The SMILES string of the molecule is CCC(C)c1ccc(NC(=O)CSc2nnc(-c3cccc(Cl)c3)n2-c2ccccc2)cc1. The van der Waals surface area contributed by atoms with Crippen LogP contribution in [0.5, 0.6) is 0 Å². The molecule has 0 radical (unpaired) electrons. The number of nitrogens with one attached hydrogen (secondary N) is 1. The normalized spacial score (nSPS) is 11.8. The second-order valence-electron chi connectivity index (χ2n) is 7.76. The number of thioether (sulfide) groups is 1. The quantitative estimate of drug-likeness (QED) is 0.283. The molecule has 33 heavy (non-hydrogen) atoms. The number of amides is 1. The Kier molecular flexibility index (Phi) is 7.47. The Morgan fingerprint density at radius 3 is 2.48 bits per heavy atom. The molecule has 168 valence electrons. The molecule has 0 saturated carbocycles. The van der Waals surface area contributed by atoms with Crippen LogP contribution in [0.3, 0.4) is 0 Å². The Morgan fingerprint density at radius 1 is 1.03 bits per heavy atom. The van der Waals surface area contributed by atoms with Gasteiger partial charge in [-0.2, -0.15) is 0 Å². The van der Waals surface area contributed by atoms with E-state index in [0.29, 0.717) is 21.9 Å². The van der Waals surface area contributed by atoms with Gasteiger partial charge in [0, 0.05) is 22.0 Å². The van der Waals surface area contributed by atoms with Crippen LogP contribution in [-0.4, -0.2) is 26.4 Å². The van der Waals surface area contributed by atoms with Gasteiger partial charge < -0.3 is 5.32 Å². The molecule has 1 aromatic heterocycles. The number of anilines is 1. The summed E-state index contributed by atoms with van der Waals surface area (Å²) in [5.74, 6) is 1.30. The number of benzene rings is 3. The van der Waals surface area contributed by atoms with Crippen LogP contribution in [0.4, 0.5) is 5.69 Å². The first kappa shape index (κ1) is 23.1. The van der Waals surface area contributed by atoms with Gasteiger partial charge >= 0.3 is 0 Å². The predicted molar refractivity (Wildman–Crippen MR) is 136 cm³/mol. The van der Waals surface area contributed by atoms with Gasteiger partial charge in [-0.15, -0.1) is 10.2 Å². The van der Waals surface area contributed by atoms with Crippen molar-refractivity contribution in [2.75, 3.05) is 11.1 Å². The van der Waals surface area contributed by atoms with E-state index in [0.717, 1.165) is 23.4 Å². The standard InChI is InChI=1S/C26H25ClN4OS/c1-3-18(2)19-12-14-22(15-13-19)28-24(32)17-33-26-30-29-25(20-8-7-9-21(27)16-20)31(26)23-10-5-4-6-11-23/h4-16,18H,3,17H2,1-2H3,(H,28,32). The molecule has 0 aliphatic heterocycles. The fraction of sp³-hybridized carbons (Fsp3) is 0.192. The number of nitrogens with zero attached hydrogens (tertiary/aromatic N) is 3. The van der Waals surface area contributed by atoms with Crippen LogP contribution in [0.25, 0.3) is 17.1 Å². The lowest BCUT2D eigenvalue weighted by molar-refractivity contribution is -0.113. The highest BCUT2D eigenvalue weighted by Crippen LogP contribution is 2.29. The van der Waals surface area contributed by atoms with Crippen LogP contribution in [0.1, 0.15) is 31.7 Å². The smallest absolute Gasteiger partial charge is 0.234 e. The molecule has 0 bridgehead atoms. The first-order valence-corrected chi connectivity index (χ1v) is 12.2. The predicted octanol–water partition coefficient (Wildman–Crippen LogP) is 6.83. The lowest BCUT2D eigenvalue weighted by Gasteiger charge is -2.11. The number of aromatic nitrogens is 3. The molecule has 4 rings (SSSR count). The maximum absolute atomic E-state index is 12.6. The van der Waals surface area contributed by atoms with Gasteiger partial charge in [0.1, 0.15) is 0 Å². The Morgan fingerprint density at radius 2 is 1.79 bits per heavy atom. The summed E-state index contributed by atoms with van der Waals surface area (Å²) in [6.07, 6.45) is 1.08. The molecule has 1 heterocycles. The monoisotopic (exact) mass is 476 g/mol. The minimum absolute atomic E-state index is 0.0943. The first-order chi connectivity index (χ1) is 16.0. The molecular weight excluding hydrogens is 452 g/mol. The first-order valence-electron chi connectivity index (χ1n) is 10.8. The third kappa shape index (κ3) is 5.64. The lowest BCUT2D eigenvalue weighted by atomic mass is 9.99. The number of halogens is 1. The fourth-order valence-electron chi connectivity index (χ4n) is 3.45. The van der Waals surface area contributed by atoms with Crippen molar-refractivity contribution in [2.45, 2.75) is 31.3 Å². The van der Waals surface area contributed by atoms with E-state index in [9.17, 15) is 4.79 Å². The summed E-state index contributed by atoms with van der Waals surface area (Å²) in [6, 6.07) is 25.4. The summed E-state index contributed by atoms with van der Waals surface area (Å²) < 4.78 is 1.95. The van der Waals surface area contributed by atoms with E-state index < -0.39 is 0 Å². The zero-order valence-corrected chi connectivity index (χ0v) is 20.1. The third-order valence-corrected chi connectivity index (χ3v) is 6.60. The highest BCUT2D eigenvalue weighted by molar-refractivity contribution is 7.99. The highest BCUT2D eigenvalue weighted by atomic mass is 35.5. The Hall–Kier alpha value is -3.09. The van der Waals surface area contributed by atoms with Crippen molar-refractivity contribution in [3.8, 4) is 17.1 Å². The van der Waals surface area contributed by atoms with E-state index in [1.54, 1.807) is 0 Å². The molecule has 0 fully saturated rings. The van der Waals surface area contributed by atoms with Gasteiger partial charge in [-0.05, 0) is 54.3 Å². The molecular formula is C26H25ClN4OS.